The van der Waals surface area contributed by atoms with E-state index in [0.29, 0.717) is 5.92 Å². The molecule has 3 heteroatoms. The SMILES string of the molecule is CC(C)Cc1ccn(-c2cccc(F)c2)n1. The first-order valence-corrected chi connectivity index (χ1v) is 5.45. The Balaban J connectivity index is 2.24. The largest absolute Gasteiger partial charge is 0.241 e. The monoisotopic (exact) mass is 218 g/mol. The van der Waals surface area contributed by atoms with E-state index in [4.69, 9.17) is 0 Å². The second-order valence-corrected chi connectivity index (χ2v) is 4.33. The molecule has 2 rings (SSSR count). The van der Waals surface area contributed by atoms with Crippen LogP contribution in [0, 0.1) is 11.7 Å². The standard InChI is InChI=1S/C13H15FN2/c1-10(2)8-12-6-7-16(15-12)13-5-3-4-11(14)9-13/h3-7,9-10H,8H2,1-2H3. The zero-order valence-corrected chi connectivity index (χ0v) is 9.52. The third-order valence-electron chi connectivity index (χ3n) is 2.33. The van der Waals surface area contributed by atoms with Crippen molar-refractivity contribution >= 4 is 0 Å². The van der Waals surface area contributed by atoms with Crippen LogP contribution in [-0.2, 0) is 6.42 Å². The molecule has 0 radical (unpaired) electrons. The molecule has 2 nitrogen and oxygen atoms in total. The lowest BCUT2D eigenvalue weighted by molar-refractivity contribution is 0.620. The summed E-state index contributed by atoms with van der Waals surface area (Å²) in [6, 6.07) is 8.42. The Bertz CT molecular complexity index is 474. The maximum Gasteiger partial charge on any atom is 0.125 e. The highest BCUT2D eigenvalue weighted by molar-refractivity contribution is 5.31. The van der Waals surface area contributed by atoms with Crippen molar-refractivity contribution in [3.63, 3.8) is 0 Å². The van der Waals surface area contributed by atoms with E-state index >= 15 is 0 Å². The van der Waals surface area contributed by atoms with Crippen molar-refractivity contribution in [3.05, 3.63) is 48.0 Å². The van der Waals surface area contributed by atoms with Crippen LogP contribution in [0.4, 0.5) is 4.39 Å². The van der Waals surface area contributed by atoms with Gasteiger partial charge in [0.15, 0.2) is 0 Å². The topological polar surface area (TPSA) is 17.8 Å². The number of benzene rings is 1. The van der Waals surface area contributed by atoms with Crippen LogP contribution in [0.3, 0.4) is 0 Å². The first kappa shape index (κ1) is 10.9. The zero-order valence-electron chi connectivity index (χ0n) is 9.52. The van der Waals surface area contributed by atoms with Crippen molar-refractivity contribution in [2.24, 2.45) is 5.92 Å². The number of aromatic nitrogens is 2. The number of rotatable bonds is 3. The van der Waals surface area contributed by atoms with Gasteiger partial charge in [0.05, 0.1) is 11.4 Å². The molecule has 0 fully saturated rings. The van der Waals surface area contributed by atoms with Crippen LogP contribution in [0.25, 0.3) is 5.69 Å². The maximum atomic E-state index is 13.0. The molecule has 84 valence electrons. The van der Waals surface area contributed by atoms with Gasteiger partial charge in [-0.1, -0.05) is 19.9 Å². The highest BCUT2D eigenvalue weighted by Crippen LogP contribution is 2.11. The van der Waals surface area contributed by atoms with Crippen LogP contribution in [0.15, 0.2) is 36.5 Å². The molecule has 0 aliphatic carbocycles. The molecule has 1 heterocycles. The van der Waals surface area contributed by atoms with Crippen LogP contribution in [0.5, 0.6) is 0 Å². The molecule has 0 atom stereocenters. The summed E-state index contributed by atoms with van der Waals surface area (Å²) >= 11 is 0. The summed E-state index contributed by atoms with van der Waals surface area (Å²) in [7, 11) is 0. The van der Waals surface area contributed by atoms with E-state index in [1.54, 1.807) is 10.7 Å². The van der Waals surface area contributed by atoms with Gasteiger partial charge in [-0.15, -0.1) is 0 Å². The summed E-state index contributed by atoms with van der Waals surface area (Å²) in [6.45, 7) is 4.31. The minimum Gasteiger partial charge on any atom is -0.241 e. The summed E-state index contributed by atoms with van der Waals surface area (Å²) in [5, 5.41) is 4.41. The summed E-state index contributed by atoms with van der Waals surface area (Å²) in [6.07, 6.45) is 2.81. The van der Waals surface area contributed by atoms with Gasteiger partial charge >= 0.3 is 0 Å². The first-order chi connectivity index (χ1) is 7.65. The highest BCUT2D eigenvalue weighted by atomic mass is 19.1. The van der Waals surface area contributed by atoms with Gasteiger partial charge < -0.3 is 0 Å². The fraction of sp³-hybridized carbons (Fsp3) is 0.308. The molecule has 0 saturated carbocycles. The molecule has 1 aromatic carbocycles. The van der Waals surface area contributed by atoms with Crippen molar-refractivity contribution in [2.75, 3.05) is 0 Å². The van der Waals surface area contributed by atoms with Gasteiger partial charge in [-0.3, -0.25) is 0 Å². The molecule has 2 aromatic rings. The molecule has 0 aliphatic rings. The Morgan fingerprint density at radius 2 is 2.12 bits per heavy atom. The highest BCUT2D eigenvalue weighted by Gasteiger charge is 2.03. The maximum absolute atomic E-state index is 13.0. The van der Waals surface area contributed by atoms with E-state index in [1.807, 2.05) is 18.3 Å². The van der Waals surface area contributed by atoms with Crippen LogP contribution in [0.2, 0.25) is 0 Å². The summed E-state index contributed by atoms with van der Waals surface area (Å²) in [5.41, 5.74) is 1.80. The number of hydrogen-bond donors (Lipinski definition) is 0. The molecule has 0 amide bonds. The van der Waals surface area contributed by atoms with E-state index in [2.05, 4.69) is 18.9 Å². The van der Waals surface area contributed by atoms with Gasteiger partial charge in [0.25, 0.3) is 0 Å². The van der Waals surface area contributed by atoms with Gasteiger partial charge in [-0.2, -0.15) is 5.10 Å². The third-order valence-corrected chi connectivity index (χ3v) is 2.33. The lowest BCUT2D eigenvalue weighted by atomic mass is 10.1. The molecule has 0 unspecified atom stereocenters. The zero-order chi connectivity index (χ0) is 11.5. The van der Waals surface area contributed by atoms with E-state index < -0.39 is 0 Å². The fourth-order valence-electron chi connectivity index (χ4n) is 1.65. The second kappa shape index (κ2) is 4.47. The summed E-state index contributed by atoms with van der Waals surface area (Å²) in [5.74, 6) is 0.342. The van der Waals surface area contributed by atoms with E-state index in [1.165, 1.54) is 12.1 Å². The Kier molecular flexibility index (Phi) is 3.04. The molecule has 0 spiro atoms. The second-order valence-electron chi connectivity index (χ2n) is 4.33. The molecule has 0 N–H and O–H groups in total. The number of nitrogens with zero attached hydrogens (tertiary/aromatic N) is 2. The Morgan fingerprint density at radius 1 is 1.31 bits per heavy atom. The fourth-order valence-corrected chi connectivity index (χ4v) is 1.65. The minimum atomic E-state index is -0.238. The lowest BCUT2D eigenvalue weighted by Crippen LogP contribution is -1.99. The number of halogens is 1. The smallest absolute Gasteiger partial charge is 0.125 e. The Labute approximate surface area is 94.7 Å². The van der Waals surface area contributed by atoms with Crippen molar-refractivity contribution in [1.29, 1.82) is 0 Å². The molecule has 0 saturated heterocycles. The van der Waals surface area contributed by atoms with Crippen molar-refractivity contribution in [3.8, 4) is 5.69 Å². The predicted octanol–water partition coefficient (Wildman–Crippen LogP) is 3.21. The molecule has 0 bridgehead atoms. The number of hydrogen-bond acceptors (Lipinski definition) is 1. The molecule has 0 aliphatic heterocycles. The van der Waals surface area contributed by atoms with Crippen molar-refractivity contribution in [2.45, 2.75) is 20.3 Å². The van der Waals surface area contributed by atoms with E-state index in [0.717, 1.165) is 17.8 Å². The lowest BCUT2D eigenvalue weighted by Gasteiger charge is -2.02. The average molecular weight is 218 g/mol. The van der Waals surface area contributed by atoms with Crippen LogP contribution >= 0.6 is 0 Å². The van der Waals surface area contributed by atoms with Gasteiger partial charge in [0, 0.05) is 6.20 Å². The molecule has 16 heavy (non-hydrogen) atoms. The van der Waals surface area contributed by atoms with Gasteiger partial charge in [0.1, 0.15) is 5.82 Å². The first-order valence-electron chi connectivity index (χ1n) is 5.45. The normalized spacial score (nSPS) is 11.0. The average Bonchev–Trinajstić information content (AvgIpc) is 2.65. The van der Waals surface area contributed by atoms with Crippen LogP contribution in [-0.4, -0.2) is 9.78 Å². The quantitative estimate of drug-likeness (QED) is 0.773. The molecule has 1 aromatic heterocycles. The molecular formula is C13H15FN2. The Morgan fingerprint density at radius 3 is 2.81 bits per heavy atom. The Hall–Kier alpha value is -1.64. The van der Waals surface area contributed by atoms with Gasteiger partial charge in [-0.25, -0.2) is 9.07 Å². The van der Waals surface area contributed by atoms with Crippen LogP contribution < -0.4 is 0 Å². The van der Waals surface area contributed by atoms with Gasteiger partial charge in [-0.05, 0) is 36.6 Å². The van der Waals surface area contributed by atoms with E-state index in [9.17, 15) is 4.39 Å². The minimum absolute atomic E-state index is 0.238. The third kappa shape index (κ3) is 2.48. The summed E-state index contributed by atoms with van der Waals surface area (Å²) in [4.78, 5) is 0. The van der Waals surface area contributed by atoms with Crippen LogP contribution in [0.1, 0.15) is 19.5 Å². The van der Waals surface area contributed by atoms with Crippen molar-refractivity contribution in [1.82, 2.24) is 9.78 Å². The molecular weight excluding hydrogens is 203 g/mol. The predicted molar refractivity (Wildman–Crippen MR) is 62.1 cm³/mol. The van der Waals surface area contributed by atoms with Crippen molar-refractivity contribution < 1.29 is 4.39 Å². The van der Waals surface area contributed by atoms with E-state index in [-0.39, 0.29) is 5.82 Å². The summed E-state index contributed by atoms with van der Waals surface area (Å²) < 4.78 is 14.7. The van der Waals surface area contributed by atoms with Gasteiger partial charge in [0.2, 0.25) is 0 Å².